The lowest BCUT2D eigenvalue weighted by molar-refractivity contribution is -0.166. The number of halogens is 6. The summed E-state index contributed by atoms with van der Waals surface area (Å²) in [5.41, 5.74) is -2.17. The van der Waals surface area contributed by atoms with Gasteiger partial charge in [0, 0.05) is 0 Å². The van der Waals surface area contributed by atoms with Gasteiger partial charge in [-0.25, -0.2) is 0 Å². The summed E-state index contributed by atoms with van der Waals surface area (Å²) in [4.78, 5) is 0. The summed E-state index contributed by atoms with van der Waals surface area (Å²) in [7, 11) is -5.74. The van der Waals surface area contributed by atoms with E-state index in [4.69, 9.17) is 9.66 Å². The van der Waals surface area contributed by atoms with Gasteiger partial charge in [0.25, 0.3) is 10.1 Å². The Kier molecular flexibility index (Phi) is 5.23. The summed E-state index contributed by atoms with van der Waals surface area (Å²) in [6.07, 6.45) is -12.2. The highest BCUT2D eigenvalue weighted by Crippen LogP contribution is 2.44. The van der Waals surface area contributed by atoms with Crippen LogP contribution in [0, 0.1) is 5.92 Å². The van der Waals surface area contributed by atoms with Gasteiger partial charge in [-0.15, -0.1) is 0 Å². The van der Waals surface area contributed by atoms with Gasteiger partial charge >= 0.3 is 12.4 Å². The molecule has 0 heterocycles. The van der Waals surface area contributed by atoms with Crippen LogP contribution < -0.4 is 0 Å². The summed E-state index contributed by atoms with van der Waals surface area (Å²) in [6.45, 7) is 3.01. The zero-order valence-electron chi connectivity index (χ0n) is 11.0. The van der Waals surface area contributed by atoms with Crippen molar-refractivity contribution >= 4 is 10.1 Å². The molecule has 0 aromatic heterocycles. The first kappa shape index (κ1) is 19.5. The monoisotopic (exact) mass is 368 g/mol. The predicted molar refractivity (Wildman–Crippen MR) is 64.4 cm³/mol. The zero-order chi connectivity index (χ0) is 18.2. The molecular weight excluding hydrogens is 358 g/mol. The van der Waals surface area contributed by atoms with Crippen molar-refractivity contribution in [2.45, 2.75) is 23.9 Å². The van der Waals surface area contributed by atoms with Gasteiger partial charge in [0.05, 0.1) is 11.5 Å². The zero-order valence-corrected chi connectivity index (χ0v) is 11.8. The Bertz CT molecular complexity index is 630. The first-order valence-corrected chi connectivity index (χ1v) is 7.19. The Hall–Kier alpha value is -1.53. The smallest absolute Gasteiger partial charge is 0.414 e. The summed E-state index contributed by atoms with van der Waals surface area (Å²) in [5, 5.41) is 5.78. The van der Waals surface area contributed by atoms with Gasteiger partial charge < -0.3 is 9.84 Å². The molecule has 3 unspecified atom stereocenters. The number of alkyl halides is 6. The van der Waals surface area contributed by atoms with Gasteiger partial charge in [-0.05, 0) is 18.2 Å². The number of rotatable bonds is 4. The van der Waals surface area contributed by atoms with E-state index in [1.54, 1.807) is 0 Å². The summed E-state index contributed by atoms with van der Waals surface area (Å²) >= 11 is 0. The Morgan fingerprint density at radius 1 is 1.26 bits per heavy atom. The topological polar surface area (TPSA) is 83.8 Å². The van der Waals surface area contributed by atoms with E-state index in [-0.39, 0.29) is 12.2 Å². The van der Waals surface area contributed by atoms with Crippen molar-refractivity contribution < 1.29 is 49.2 Å². The summed E-state index contributed by atoms with van der Waals surface area (Å²) in [5.74, 6) is -4.28. The number of allylic oxidation sites excluding steroid dienone is 2. The fraction of sp³-hybridized carbons (Fsp3) is 0.455. The maximum absolute atomic E-state index is 12.9. The van der Waals surface area contributed by atoms with Gasteiger partial charge in [-0.3, -0.25) is 4.55 Å². The molecule has 12 heteroatoms. The fourth-order valence-corrected chi connectivity index (χ4v) is 2.98. The Morgan fingerprint density at radius 2 is 1.78 bits per heavy atom. The Morgan fingerprint density at radius 3 is 2.13 bits per heavy atom. The quantitative estimate of drug-likeness (QED) is 0.344. The molecule has 0 spiro atoms. The van der Waals surface area contributed by atoms with Crippen LogP contribution in [-0.4, -0.2) is 42.0 Å². The molecule has 1 aliphatic rings. The number of aliphatic hydroxyl groups is 1. The van der Waals surface area contributed by atoms with Crippen LogP contribution in [-0.2, 0) is 14.9 Å². The number of hydrogen-bond donors (Lipinski definition) is 2. The maximum atomic E-state index is 12.9. The largest absolute Gasteiger partial charge is 0.462 e. The number of hydrogen-bond acceptors (Lipinski definition) is 4. The molecular formula is C11H10F6O5S. The van der Waals surface area contributed by atoms with E-state index in [1.165, 1.54) is 0 Å². The average Bonchev–Trinajstić information content (AvgIpc) is 2.34. The van der Waals surface area contributed by atoms with Crippen molar-refractivity contribution in [3.8, 4) is 0 Å². The van der Waals surface area contributed by atoms with Crippen LogP contribution in [0.4, 0.5) is 26.3 Å². The van der Waals surface area contributed by atoms with E-state index in [0.29, 0.717) is 6.08 Å². The molecule has 5 nitrogen and oxygen atoms in total. The van der Waals surface area contributed by atoms with Gasteiger partial charge in [0.2, 0.25) is 6.29 Å². The molecule has 2 N–H and O–H groups in total. The molecule has 0 fully saturated rings. The van der Waals surface area contributed by atoms with Crippen molar-refractivity contribution in [3.05, 3.63) is 36.1 Å². The van der Waals surface area contributed by atoms with E-state index >= 15 is 0 Å². The van der Waals surface area contributed by atoms with Crippen LogP contribution in [0.25, 0.3) is 0 Å². The molecule has 132 valence electrons. The van der Waals surface area contributed by atoms with Crippen molar-refractivity contribution in [3.63, 3.8) is 0 Å². The molecule has 0 saturated heterocycles. The van der Waals surface area contributed by atoms with Crippen LogP contribution in [0.1, 0.15) is 0 Å². The normalized spacial score (nSPS) is 24.5. The highest BCUT2D eigenvalue weighted by Gasteiger charge is 2.57. The SMILES string of the molecule is C=CC(O)OC1=CC(C(F)(F)F)C(S(=O)(=O)O)C(C(F)(F)F)=C1. The minimum Gasteiger partial charge on any atom is -0.462 e. The van der Waals surface area contributed by atoms with Crippen LogP contribution in [0.2, 0.25) is 0 Å². The first-order chi connectivity index (χ1) is 10.2. The Labute approximate surface area is 126 Å². The number of aliphatic hydroxyl groups excluding tert-OH is 1. The lowest BCUT2D eigenvalue weighted by atomic mass is 9.91. The predicted octanol–water partition coefficient (Wildman–Crippen LogP) is 2.33. The molecule has 1 aliphatic carbocycles. The van der Waals surface area contributed by atoms with Gasteiger partial charge in [0.1, 0.15) is 11.0 Å². The maximum Gasteiger partial charge on any atom is 0.414 e. The van der Waals surface area contributed by atoms with Crippen molar-refractivity contribution in [2.75, 3.05) is 0 Å². The molecule has 0 bridgehead atoms. The standard InChI is InChI=1S/C11H10F6O5S/c1-2-8(18)22-5-3-6(10(12,13)14)9(23(19,20)21)7(4-5)11(15,16)17/h2-4,6,8-9,18H,1H2,(H,19,20,21). The molecule has 0 aliphatic heterocycles. The minimum atomic E-state index is -5.74. The minimum absolute atomic E-state index is 0.0282. The van der Waals surface area contributed by atoms with E-state index in [1.807, 2.05) is 0 Å². The lowest BCUT2D eigenvalue weighted by Gasteiger charge is -2.31. The Balaban J connectivity index is 3.53. The van der Waals surface area contributed by atoms with Crippen LogP contribution >= 0.6 is 0 Å². The van der Waals surface area contributed by atoms with Crippen molar-refractivity contribution in [2.24, 2.45) is 5.92 Å². The molecule has 0 radical (unpaired) electrons. The van der Waals surface area contributed by atoms with Gasteiger partial charge in [-0.2, -0.15) is 34.8 Å². The van der Waals surface area contributed by atoms with Crippen molar-refractivity contribution in [1.82, 2.24) is 0 Å². The second-order valence-corrected chi connectivity index (χ2v) is 5.95. The van der Waals surface area contributed by atoms with Crippen LogP contribution in [0.15, 0.2) is 36.1 Å². The molecule has 0 aromatic carbocycles. The lowest BCUT2D eigenvalue weighted by Crippen LogP contribution is -2.44. The molecule has 1 rings (SSSR count). The molecule has 0 aromatic rings. The average molecular weight is 368 g/mol. The van der Waals surface area contributed by atoms with Gasteiger partial charge in [-0.1, -0.05) is 6.58 Å². The highest BCUT2D eigenvalue weighted by atomic mass is 32.2. The fourth-order valence-electron chi connectivity index (χ4n) is 1.86. The second kappa shape index (κ2) is 6.17. The molecule has 3 atom stereocenters. The van der Waals surface area contributed by atoms with E-state index in [0.717, 1.165) is 0 Å². The van der Waals surface area contributed by atoms with Crippen molar-refractivity contribution in [1.29, 1.82) is 0 Å². The third-order valence-electron chi connectivity index (χ3n) is 2.76. The molecule has 0 amide bonds. The molecule has 23 heavy (non-hydrogen) atoms. The summed E-state index contributed by atoms with van der Waals surface area (Å²) in [6, 6.07) is 0. The van der Waals surface area contributed by atoms with Crippen LogP contribution in [0.3, 0.4) is 0 Å². The van der Waals surface area contributed by atoms with E-state index < -0.39 is 51.3 Å². The van der Waals surface area contributed by atoms with E-state index in [9.17, 15) is 34.8 Å². The second-order valence-electron chi connectivity index (χ2n) is 4.41. The van der Waals surface area contributed by atoms with E-state index in [2.05, 4.69) is 11.3 Å². The van der Waals surface area contributed by atoms with Crippen LogP contribution in [0.5, 0.6) is 0 Å². The third-order valence-corrected chi connectivity index (χ3v) is 3.95. The molecule has 0 saturated carbocycles. The number of ether oxygens (including phenoxy) is 1. The highest BCUT2D eigenvalue weighted by molar-refractivity contribution is 7.86. The third kappa shape index (κ3) is 4.72. The first-order valence-electron chi connectivity index (χ1n) is 5.69. The summed E-state index contributed by atoms with van der Waals surface area (Å²) < 4.78 is 113. The van der Waals surface area contributed by atoms with Gasteiger partial charge in [0.15, 0.2) is 0 Å².